The Bertz CT molecular complexity index is 765. The third-order valence-corrected chi connectivity index (χ3v) is 4.18. The van der Waals surface area contributed by atoms with Gasteiger partial charge in [-0.25, -0.2) is 4.98 Å². The van der Waals surface area contributed by atoms with Crippen LogP contribution >= 0.6 is 0 Å². The van der Waals surface area contributed by atoms with Crippen LogP contribution in [0.4, 0.5) is 5.82 Å². The summed E-state index contributed by atoms with van der Waals surface area (Å²) in [7, 11) is 0. The van der Waals surface area contributed by atoms with E-state index >= 15 is 0 Å². The molecule has 0 atom stereocenters. The number of nitrogens with one attached hydrogen (secondary N) is 1. The van der Waals surface area contributed by atoms with E-state index in [0.29, 0.717) is 24.7 Å². The van der Waals surface area contributed by atoms with Crippen LogP contribution in [-0.2, 0) is 0 Å². The Labute approximate surface area is 145 Å². The van der Waals surface area contributed by atoms with Gasteiger partial charge in [0.15, 0.2) is 5.82 Å². The summed E-state index contributed by atoms with van der Waals surface area (Å²) >= 11 is 0. The van der Waals surface area contributed by atoms with E-state index in [0.717, 1.165) is 19.6 Å². The number of rotatable bonds is 4. The van der Waals surface area contributed by atoms with Gasteiger partial charge in [0.1, 0.15) is 17.1 Å². The lowest BCUT2D eigenvalue weighted by Gasteiger charge is -2.33. The molecule has 2 amide bonds. The van der Waals surface area contributed by atoms with E-state index in [1.54, 1.807) is 36.1 Å². The van der Waals surface area contributed by atoms with Gasteiger partial charge in [0, 0.05) is 32.2 Å². The molecule has 3 heterocycles. The summed E-state index contributed by atoms with van der Waals surface area (Å²) in [5, 5.41) is 6.31. The monoisotopic (exact) mass is 343 g/mol. The molecule has 0 aliphatic carbocycles. The molecule has 1 aliphatic rings. The normalized spacial score (nSPS) is 15.2. The van der Waals surface area contributed by atoms with Crippen LogP contribution in [0.3, 0.4) is 0 Å². The van der Waals surface area contributed by atoms with Crippen LogP contribution in [0, 0.1) is 6.92 Å². The van der Waals surface area contributed by atoms with Crippen LogP contribution in [0.25, 0.3) is 0 Å². The first kappa shape index (κ1) is 17.1. The number of hydrogen-bond acceptors (Lipinski definition) is 6. The lowest BCUT2D eigenvalue weighted by molar-refractivity contribution is 0.0637. The van der Waals surface area contributed by atoms with Crippen molar-refractivity contribution < 1.29 is 14.1 Å². The minimum Gasteiger partial charge on any atom is -0.360 e. The quantitative estimate of drug-likeness (QED) is 0.902. The molecule has 3 rings (SSSR count). The van der Waals surface area contributed by atoms with Gasteiger partial charge >= 0.3 is 0 Å². The van der Waals surface area contributed by atoms with Crippen molar-refractivity contribution >= 4 is 17.6 Å². The SMILES string of the molecule is CCN1CCN(C(=O)c2cccc(C(=O)Nc3cc(C)on3)n2)CC1. The van der Waals surface area contributed by atoms with Crippen LogP contribution in [0.5, 0.6) is 0 Å². The van der Waals surface area contributed by atoms with E-state index in [4.69, 9.17) is 4.52 Å². The van der Waals surface area contributed by atoms with Gasteiger partial charge in [0.25, 0.3) is 11.8 Å². The van der Waals surface area contributed by atoms with Gasteiger partial charge in [-0.1, -0.05) is 18.1 Å². The summed E-state index contributed by atoms with van der Waals surface area (Å²) < 4.78 is 4.91. The van der Waals surface area contributed by atoms with Crippen LogP contribution in [0.15, 0.2) is 28.8 Å². The van der Waals surface area contributed by atoms with Crippen molar-refractivity contribution in [1.29, 1.82) is 0 Å². The minimum absolute atomic E-state index is 0.150. The average Bonchev–Trinajstić information content (AvgIpc) is 3.06. The summed E-state index contributed by atoms with van der Waals surface area (Å²) in [6.07, 6.45) is 0. The summed E-state index contributed by atoms with van der Waals surface area (Å²) in [6.45, 7) is 7.88. The van der Waals surface area contributed by atoms with Gasteiger partial charge in [0.2, 0.25) is 0 Å². The molecule has 0 saturated carbocycles. The standard InChI is InChI=1S/C17H21N5O3/c1-3-21-7-9-22(10-8-21)17(24)14-6-4-5-13(18-14)16(23)19-15-11-12(2)25-20-15/h4-6,11H,3,7-10H2,1-2H3,(H,19,20,23). The van der Waals surface area contributed by atoms with E-state index in [1.165, 1.54) is 0 Å². The summed E-state index contributed by atoms with van der Waals surface area (Å²) in [5.74, 6) is 0.330. The molecule has 0 aromatic carbocycles. The van der Waals surface area contributed by atoms with E-state index in [1.807, 2.05) is 0 Å². The largest absolute Gasteiger partial charge is 0.360 e. The van der Waals surface area contributed by atoms with Crippen molar-refractivity contribution in [2.24, 2.45) is 0 Å². The number of aryl methyl sites for hydroxylation is 1. The Morgan fingerprint density at radius 2 is 1.92 bits per heavy atom. The molecule has 0 radical (unpaired) electrons. The van der Waals surface area contributed by atoms with Gasteiger partial charge in [-0.2, -0.15) is 0 Å². The zero-order valence-electron chi connectivity index (χ0n) is 14.4. The number of pyridine rings is 1. The third-order valence-electron chi connectivity index (χ3n) is 4.18. The number of hydrogen-bond donors (Lipinski definition) is 1. The van der Waals surface area contributed by atoms with Crippen molar-refractivity contribution in [1.82, 2.24) is 19.9 Å². The number of aromatic nitrogens is 2. The number of piperazine rings is 1. The Balaban J connectivity index is 1.68. The van der Waals surface area contributed by atoms with Crippen LogP contribution in [-0.4, -0.2) is 64.5 Å². The Morgan fingerprint density at radius 1 is 1.20 bits per heavy atom. The second kappa shape index (κ2) is 7.43. The van der Waals surface area contributed by atoms with Gasteiger partial charge in [-0.05, 0) is 25.6 Å². The number of anilines is 1. The number of nitrogens with zero attached hydrogens (tertiary/aromatic N) is 4. The van der Waals surface area contributed by atoms with Gasteiger partial charge in [0.05, 0.1) is 0 Å². The van der Waals surface area contributed by atoms with Crippen LogP contribution < -0.4 is 5.32 Å². The fourth-order valence-electron chi connectivity index (χ4n) is 2.72. The average molecular weight is 343 g/mol. The fraction of sp³-hybridized carbons (Fsp3) is 0.412. The molecule has 1 N–H and O–H groups in total. The fourth-order valence-corrected chi connectivity index (χ4v) is 2.72. The van der Waals surface area contributed by atoms with Crippen molar-refractivity contribution in [3.05, 3.63) is 41.4 Å². The maximum Gasteiger partial charge on any atom is 0.275 e. The lowest BCUT2D eigenvalue weighted by atomic mass is 10.2. The Morgan fingerprint density at radius 3 is 2.56 bits per heavy atom. The Kier molecular flexibility index (Phi) is 5.08. The van der Waals surface area contributed by atoms with Gasteiger partial charge in [-0.15, -0.1) is 0 Å². The number of carbonyl (C=O) groups excluding carboxylic acids is 2. The lowest BCUT2D eigenvalue weighted by Crippen LogP contribution is -2.48. The first-order valence-electron chi connectivity index (χ1n) is 8.30. The summed E-state index contributed by atoms with van der Waals surface area (Å²) in [6, 6.07) is 6.46. The first-order valence-corrected chi connectivity index (χ1v) is 8.30. The smallest absolute Gasteiger partial charge is 0.275 e. The number of amides is 2. The molecule has 1 fully saturated rings. The predicted octanol–water partition coefficient (Wildman–Crippen LogP) is 1.41. The van der Waals surface area contributed by atoms with E-state index < -0.39 is 5.91 Å². The molecular weight excluding hydrogens is 322 g/mol. The summed E-state index contributed by atoms with van der Waals surface area (Å²) in [5.41, 5.74) is 0.438. The second-order valence-electron chi connectivity index (χ2n) is 5.91. The van der Waals surface area contributed by atoms with Crippen LogP contribution in [0.1, 0.15) is 33.7 Å². The topological polar surface area (TPSA) is 91.6 Å². The van der Waals surface area contributed by atoms with Crippen LogP contribution in [0.2, 0.25) is 0 Å². The maximum atomic E-state index is 12.6. The predicted molar refractivity (Wildman–Crippen MR) is 91.4 cm³/mol. The van der Waals surface area contributed by atoms with E-state index in [-0.39, 0.29) is 17.3 Å². The molecule has 1 aliphatic heterocycles. The highest BCUT2D eigenvalue weighted by atomic mass is 16.5. The van der Waals surface area contributed by atoms with Crippen molar-refractivity contribution in [3.8, 4) is 0 Å². The van der Waals surface area contributed by atoms with Gasteiger partial charge < -0.3 is 19.6 Å². The number of likely N-dealkylation sites (N-methyl/N-ethyl adjacent to an activating group) is 1. The highest BCUT2D eigenvalue weighted by Crippen LogP contribution is 2.11. The molecule has 0 unspecified atom stereocenters. The molecule has 0 spiro atoms. The zero-order chi connectivity index (χ0) is 17.8. The molecule has 2 aromatic heterocycles. The van der Waals surface area contributed by atoms with Crippen molar-refractivity contribution in [3.63, 3.8) is 0 Å². The molecular formula is C17H21N5O3. The Hall–Kier alpha value is -2.74. The third kappa shape index (κ3) is 4.03. The molecule has 8 nitrogen and oxygen atoms in total. The molecule has 0 bridgehead atoms. The highest BCUT2D eigenvalue weighted by Gasteiger charge is 2.23. The zero-order valence-corrected chi connectivity index (χ0v) is 14.4. The molecule has 2 aromatic rings. The van der Waals surface area contributed by atoms with Crippen molar-refractivity contribution in [2.75, 3.05) is 38.0 Å². The molecule has 8 heteroatoms. The molecule has 132 valence electrons. The minimum atomic E-state index is -0.432. The van der Waals surface area contributed by atoms with Crippen molar-refractivity contribution in [2.45, 2.75) is 13.8 Å². The second-order valence-corrected chi connectivity index (χ2v) is 5.91. The van der Waals surface area contributed by atoms with E-state index in [9.17, 15) is 9.59 Å². The van der Waals surface area contributed by atoms with Gasteiger partial charge in [-0.3, -0.25) is 9.59 Å². The highest BCUT2D eigenvalue weighted by molar-refractivity contribution is 6.03. The summed E-state index contributed by atoms with van der Waals surface area (Å²) in [4.78, 5) is 33.2. The number of carbonyl (C=O) groups is 2. The molecule has 1 saturated heterocycles. The van der Waals surface area contributed by atoms with E-state index in [2.05, 4.69) is 27.3 Å². The molecule has 25 heavy (non-hydrogen) atoms. The maximum absolute atomic E-state index is 12.6. The first-order chi connectivity index (χ1) is 12.1.